The quantitative estimate of drug-likeness (QED) is 0.264. The number of aromatic nitrogens is 3. The number of aliphatic hydroxyl groups is 1. The number of pyridine rings is 1. The second-order valence-electron chi connectivity index (χ2n) is 9.87. The number of hydrogen-bond acceptors (Lipinski definition) is 6. The zero-order valence-corrected chi connectivity index (χ0v) is 21.2. The van der Waals surface area contributed by atoms with E-state index >= 15 is 0 Å². The fraction of sp³-hybridized carbons (Fsp3) is 0.500. The van der Waals surface area contributed by atoms with Gasteiger partial charge in [-0.1, -0.05) is 18.2 Å². The maximum absolute atomic E-state index is 11.1. The summed E-state index contributed by atoms with van der Waals surface area (Å²) in [6.45, 7) is 4.00. The molecular weight excluding hydrogens is 555 g/mol. The van der Waals surface area contributed by atoms with Crippen LogP contribution in [0.2, 0.25) is 5.15 Å². The standard InChI is InChI=1S/C24H25ClIN4O3/c1-24(2)32-20-15-12(9-26-15)18(21(20)33-24)30-10-27-17-16-14(22(25)29-23(17)30)19(31)13(28-16)8-11-6-4-3-5-7-11/h3-7,10,12-13,15,18-21,28,31H,8-9H2,1-2H3/q-1/t12-,13?,15+,18+,19?,20+,21-/m0/s1. The van der Waals surface area contributed by atoms with Crippen LogP contribution in [0, 0.1) is 5.92 Å². The molecular formula is C24H25ClIN4O3-. The molecule has 0 amide bonds. The summed E-state index contributed by atoms with van der Waals surface area (Å²) in [5, 5.41) is 14.9. The second kappa shape index (κ2) is 7.27. The molecule has 9 heteroatoms. The van der Waals surface area contributed by atoms with Gasteiger partial charge in [0.25, 0.3) is 0 Å². The van der Waals surface area contributed by atoms with E-state index in [9.17, 15) is 5.11 Å². The van der Waals surface area contributed by atoms with Crippen LogP contribution in [0.3, 0.4) is 0 Å². The Morgan fingerprint density at radius 2 is 2.03 bits per heavy atom. The molecule has 2 saturated heterocycles. The number of hydrogen-bond donors (Lipinski definition) is 2. The number of anilines is 1. The number of nitrogens with zero attached hydrogens (tertiary/aromatic N) is 3. The monoisotopic (exact) mass is 579 g/mol. The number of fused-ring (bicyclic) bond motifs is 6. The van der Waals surface area contributed by atoms with Crippen LogP contribution >= 0.6 is 11.6 Å². The van der Waals surface area contributed by atoms with E-state index in [1.165, 1.54) is 4.43 Å². The van der Waals surface area contributed by atoms with Gasteiger partial charge in [-0.2, -0.15) is 0 Å². The maximum atomic E-state index is 11.1. The number of ether oxygens (including phenoxy) is 2. The van der Waals surface area contributed by atoms with Crippen molar-refractivity contribution in [1.82, 2.24) is 14.5 Å². The Balaban J connectivity index is 1.27. The van der Waals surface area contributed by atoms with Gasteiger partial charge in [0.2, 0.25) is 0 Å². The van der Waals surface area contributed by atoms with Gasteiger partial charge in [-0.3, -0.25) is 0 Å². The van der Waals surface area contributed by atoms with Crippen molar-refractivity contribution >= 4 is 28.5 Å². The zero-order valence-electron chi connectivity index (χ0n) is 18.3. The molecule has 3 aliphatic heterocycles. The summed E-state index contributed by atoms with van der Waals surface area (Å²) in [6.07, 6.45) is 2.00. The third kappa shape index (κ3) is 3.03. The molecule has 3 fully saturated rings. The minimum absolute atomic E-state index is 0.00723. The number of alkyl halides is 2. The number of benzene rings is 1. The molecule has 0 radical (unpaired) electrons. The minimum atomic E-state index is -0.737. The summed E-state index contributed by atoms with van der Waals surface area (Å²) in [5.74, 6) is -0.0174. The first kappa shape index (κ1) is 20.9. The van der Waals surface area contributed by atoms with Gasteiger partial charge in [0, 0.05) is 0 Å². The van der Waals surface area contributed by atoms with Gasteiger partial charge < -0.3 is 0 Å². The van der Waals surface area contributed by atoms with Gasteiger partial charge >= 0.3 is 190 Å². The van der Waals surface area contributed by atoms with Crippen molar-refractivity contribution in [2.45, 2.75) is 60.4 Å². The summed E-state index contributed by atoms with van der Waals surface area (Å²) < 4.78 is 16.8. The van der Waals surface area contributed by atoms with Crippen LogP contribution in [-0.2, 0) is 15.9 Å². The number of rotatable bonds is 3. The van der Waals surface area contributed by atoms with Crippen molar-refractivity contribution < 1.29 is 35.8 Å². The van der Waals surface area contributed by atoms with E-state index < -0.39 is 11.9 Å². The van der Waals surface area contributed by atoms with E-state index in [-0.39, 0.29) is 45.5 Å². The van der Waals surface area contributed by atoms with Gasteiger partial charge in [-0.15, -0.1) is 0 Å². The Morgan fingerprint density at radius 1 is 1.24 bits per heavy atom. The Labute approximate surface area is 207 Å². The molecule has 174 valence electrons. The Morgan fingerprint density at radius 3 is 2.79 bits per heavy atom. The molecule has 7 rings (SSSR count). The first-order chi connectivity index (χ1) is 15.9. The molecule has 4 aliphatic rings. The van der Waals surface area contributed by atoms with E-state index in [4.69, 9.17) is 31.0 Å². The number of imidazole rings is 1. The SMILES string of the molecule is CC1(C)O[C@@H]2[C@H](O1)[C@@H]1[I-]C[C@@H]1[C@H]2n1cnc2c3c(c(Cl)nc21)C(O)C(Cc1ccccc1)N3. The molecule has 1 aromatic carbocycles. The molecule has 7 atom stereocenters. The molecule has 5 heterocycles. The van der Waals surface area contributed by atoms with Gasteiger partial charge in [0.1, 0.15) is 0 Å². The molecule has 0 spiro atoms. The molecule has 2 aromatic heterocycles. The molecule has 7 nitrogen and oxygen atoms in total. The molecule has 1 saturated carbocycles. The van der Waals surface area contributed by atoms with Crippen molar-refractivity contribution in [3.8, 4) is 0 Å². The van der Waals surface area contributed by atoms with Gasteiger partial charge in [0.05, 0.1) is 0 Å². The zero-order chi connectivity index (χ0) is 22.5. The van der Waals surface area contributed by atoms with Gasteiger partial charge in [-0.05, 0) is 0 Å². The van der Waals surface area contributed by atoms with Crippen LogP contribution in [-0.4, -0.2) is 52.0 Å². The summed E-state index contributed by atoms with van der Waals surface area (Å²) in [6, 6.07) is 10.1. The van der Waals surface area contributed by atoms with Crippen LogP contribution in [0.4, 0.5) is 5.69 Å². The van der Waals surface area contributed by atoms with E-state index in [0.29, 0.717) is 27.0 Å². The number of halogens is 2. The van der Waals surface area contributed by atoms with Crippen LogP contribution in [0.15, 0.2) is 36.7 Å². The fourth-order valence-electron chi connectivity index (χ4n) is 6.00. The average Bonchev–Trinajstić information content (AvgIpc) is 3.44. The van der Waals surface area contributed by atoms with Crippen LogP contribution in [0.5, 0.6) is 0 Å². The van der Waals surface area contributed by atoms with E-state index in [1.54, 1.807) is 0 Å². The van der Waals surface area contributed by atoms with Crippen LogP contribution in [0.1, 0.15) is 37.1 Å². The predicted molar refractivity (Wildman–Crippen MR) is 120 cm³/mol. The number of nitrogens with one attached hydrogen (secondary N) is 1. The first-order valence-corrected chi connectivity index (χ1v) is 14.5. The summed E-state index contributed by atoms with van der Waals surface area (Å²) >= 11 is 6.82. The molecule has 1 aliphatic carbocycles. The topological polar surface area (TPSA) is 81.4 Å². The first-order valence-electron chi connectivity index (χ1n) is 11.4. The number of aliphatic hydroxyl groups excluding tert-OH is 1. The fourth-order valence-corrected chi connectivity index (χ4v) is 9.97. The van der Waals surface area contributed by atoms with Crippen molar-refractivity contribution in [2.75, 3.05) is 9.74 Å². The summed E-state index contributed by atoms with van der Waals surface area (Å²) in [7, 11) is 0. The molecule has 2 N–H and O–H groups in total. The van der Waals surface area contributed by atoms with Crippen LogP contribution < -0.4 is 26.5 Å². The van der Waals surface area contributed by atoms with Crippen molar-refractivity contribution in [1.29, 1.82) is 0 Å². The van der Waals surface area contributed by atoms with Crippen molar-refractivity contribution in [2.24, 2.45) is 5.92 Å². The normalized spacial score (nSPS) is 35.9. The third-order valence-corrected chi connectivity index (χ3v) is 11.9. The molecule has 3 aromatic rings. The van der Waals surface area contributed by atoms with Crippen molar-refractivity contribution in [3.63, 3.8) is 0 Å². The van der Waals surface area contributed by atoms with E-state index in [1.807, 2.05) is 38.4 Å². The Kier molecular flexibility index (Phi) is 4.60. The van der Waals surface area contributed by atoms with Crippen LogP contribution in [0.25, 0.3) is 11.2 Å². The van der Waals surface area contributed by atoms with E-state index in [2.05, 4.69) is 22.0 Å². The predicted octanol–water partition coefficient (Wildman–Crippen LogP) is 0.317. The Hall–Kier alpha value is -1.46. The van der Waals surface area contributed by atoms with Crippen molar-refractivity contribution in [3.05, 3.63) is 52.9 Å². The molecule has 2 unspecified atom stereocenters. The molecule has 0 bridgehead atoms. The van der Waals surface area contributed by atoms with Gasteiger partial charge in [-0.25, -0.2) is 0 Å². The third-order valence-electron chi connectivity index (χ3n) is 7.43. The summed E-state index contributed by atoms with van der Waals surface area (Å²) in [4.78, 5) is 9.52. The Bertz CT molecular complexity index is 1250. The van der Waals surface area contributed by atoms with Gasteiger partial charge in [0.15, 0.2) is 0 Å². The van der Waals surface area contributed by atoms with E-state index in [0.717, 1.165) is 22.4 Å². The average molecular weight is 580 g/mol. The summed E-state index contributed by atoms with van der Waals surface area (Å²) in [5.41, 5.74) is 4.12. The second-order valence-corrected chi connectivity index (χ2v) is 13.4. The molecule has 33 heavy (non-hydrogen) atoms.